The molecule has 0 amide bonds. The van der Waals surface area contributed by atoms with Crippen molar-refractivity contribution in [3.8, 4) is 11.4 Å². The fourth-order valence-electron chi connectivity index (χ4n) is 2.28. The van der Waals surface area contributed by atoms with Crippen LogP contribution in [0.5, 0.6) is 0 Å². The third kappa shape index (κ3) is 1.94. The Bertz CT molecular complexity index is 980. The fraction of sp³-hybridized carbons (Fsp3) is 0. The average Bonchev–Trinajstić information content (AvgIpc) is 2.91. The molecule has 2 aromatic carbocycles. The van der Waals surface area contributed by atoms with Crippen molar-refractivity contribution in [3.63, 3.8) is 0 Å². The van der Waals surface area contributed by atoms with E-state index >= 15 is 0 Å². The molecule has 0 atom stereocenters. The zero-order valence-electron chi connectivity index (χ0n) is 10.7. The molecule has 2 heterocycles. The van der Waals surface area contributed by atoms with Crippen LogP contribution < -0.4 is 0 Å². The Kier molecular flexibility index (Phi) is 2.62. The third-order valence-corrected chi connectivity index (χ3v) is 3.55. The first-order valence-electron chi connectivity index (χ1n) is 6.28. The van der Waals surface area contributed by atoms with Gasteiger partial charge in [0.15, 0.2) is 11.5 Å². The molecule has 4 rings (SSSR count). The van der Waals surface area contributed by atoms with Crippen molar-refractivity contribution in [2.75, 3.05) is 0 Å². The Morgan fingerprint density at radius 3 is 2.81 bits per heavy atom. The van der Waals surface area contributed by atoms with E-state index < -0.39 is 0 Å². The number of hydrogen-bond acceptors (Lipinski definition) is 3. The van der Waals surface area contributed by atoms with Crippen molar-refractivity contribution < 1.29 is 4.39 Å². The lowest BCUT2D eigenvalue weighted by molar-refractivity contribution is 0.628. The average molecular weight is 299 g/mol. The van der Waals surface area contributed by atoms with E-state index in [0.29, 0.717) is 22.1 Å². The number of rotatable bonds is 1. The van der Waals surface area contributed by atoms with E-state index in [-0.39, 0.29) is 5.82 Å². The molecule has 0 saturated carbocycles. The van der Waals surface area contributed by atoms with Gasteiger partial charge in [0.25, 0.3) is 0 Å². The van der Waals surface area contributed by atoms with E-state index in [0.717, 1.165) is 10.9 Å². The molecule has 2 aromatic heterocycles. The minimum absolute atomic E-state index is 0.327. The van der Waals surface area contributed by atoms with Crippen molar-refractivity contribution >= 4 is 28.2 Å². The summed E-state index contributed by atoms with van der Waals surface area (Å²) in [6, 6.07) is 11.6. The van der Waals surface area contributed by atoms with Crippen LogP contribution in [-0.2, 0) is 0 Å². The first kappa shape index (κ1) is 12.2. The normalized spacial score (nSPS) is 11.3. The summed E-state index contributed by atoms with van der Waals surface area (Å²) < 4.78 is 14.9. The lowest BCUT2D eigenvalue weighted by Gasteiger charge is -1.99. The minimum atomic E-state index is -0.327. The van der Waals surface area contributed by atoms with Gasteiger partial charge in [0.05, 0.1) is 15.9 Å². The van der Waals surface area contributed by atoms with Crippen molar-refractivity contribution in [2.45, 2.75) is 0 Å². The SMILES string of the molecule is Fc1cccc(-c2nc3c4c(Cl)cccc4ncn3n2)c1. The van der Waals surface area contributed by atoms with Gasteiger partial charge in [0.1, 0.15) is 12.1 Å². The van der Waals surface area contributed by atoms with Gasteiger partial charge in [-0.15, -0.1) is 5.10 Å². The molecule has 0 N–H and O–H groups in total. The predicted molar refractivity (Wildman–Crippen MR) is 78.7 cm³/mol. The number of fused-ring (bicyclic) bond motifs is 3. The van der Waals surface area contributed by atoms with Gasteiger partial charge < -0.3 is 0 Å². The second-order valence-corrected chi connectivity index (χ2v) is 5.00. The second-order valence-electron chi connectivity index (χ2n) is 4.59. The van der Waals surface area contributed by atoms with E-state index in [9.17, 15) is 4.39 Å². The van der Waals surface area contributed by atoms with E-state index in [1.807, 2.05) is 12.1 Å². The lowest BCUT2D eigenvalue weighted by Crippen LogP contribution is -1.91. The molecule has 0 bridgehead atoms. The Morgan fingerprint density at radius 2 is 1.95 bits per heavy atom. The van der Waals surface area contributed by atoms with Crippen molar-refractivity contribution in [2.24, 2.45) is 0 Å². The maximum Gasteiger partial charge on any atom is 0.182 e. The summed E-state index contributed by atoms with van der Waals surface area (Å²) in [6.07, 6.45) is 1.57. The highest BCUT2D eigenvalue weighted by atomic mass is 35.5. The molecular weight excluding hydrogens is 291 g/mol. The Labute approximate surface area is 123 Å². The van der Waals surface area contributed by atoms with Crippen LogP contribution in [0.15, 0.2) is 48.8 Å². The summed E-state index contributed by atoms with van der Waals surface area (Å²) in [5.74, 6) is 0.107. The first-order valence-corrected chi connectivity index (χ1v) is 6.66. The minimum Gasteiger partial charge on any atom is -0.236 e. The second kappa shape index (κ2) is 4.49. The van der Waals surface area contributed by atoms with Crippen LogP contribution in [0.3, 0.4) is 0 Å². The summed E-state index contributed by atoms with van der Waals surface area (Å²) >= 11 is 6.24. The predicted octanol–water partition coefficient (Wildman–Crippen LogP) is 3.74. The van der Waals surface area contributed by atoms with Crippen LogP contribution in [0.25, 0.3) is 27.9 Å². The molecule has 21 heavy (non-hydrogen) atoms. The van der Waals surface area contributed by atoms with Gasteiger partial charge in [-0.25, -0.2) is 18.9 Å². The zero-order chi connectivity index (χ0) is 14.4. The van der Waals surface area contributed by atoms with E-state index in [4.69, 9.17) is 11.6 Å². The number of benzene rings is 2. The van der Waals surface area contributed by atoms with E-state index in [2.05, 4.69) is 15.1 Å². The Hall–Kier alpha value is -2.53. The van der Waals surface area contributed by atoms with Crippen molar-refractivity contribution in [1.29, 1.82) is 0 Å². The van der Waals surface area contributed by atoms with Crippen molar-refractivity contribution in [3.05, 3.63) is 59.6 Å². The summed E-state index contributed by atoms with van der Waals surface area (Å²) in [5.41, 5.74) is 1.96. The van der Waals surface area contributed by atoms with E-state index in [1.165, 1.54) is 12.1 Å². The molecule has 0 spiro atoms. The maximum atomic E-state index is 13.3. The number of nitrogens with zero attached hydrogens (tertiary/aromatic N) is 4. The van der Waals surface area contributed by atoms with Gasteiger partial charge in [-0.2, -0.15) is 0 Å². The molecule has 4 aromatic rings. The van der Waals surface area contributed by atoms with Crippen LogP contribution >= 0.6 is 11.6 Å². The van der Waals surface area contributed by atoms with Gasteiger partial charge in [0, 0.05) is 5.56 Å². The molecule has 102 valence electrons. The smallest absolute Gasteiger partial charge is 0.182 e. The number of halogens is 2. The molecular formula is C15H8ClFN4. The lowest BCUT2D eigenvalue weighted by atomic mass is 10.2. The molecule has 0 aliphatic rings. The summed E-state index contributed by atoms with van der Waals surface area (Å²) in [6.45, 7) is 0. The van der Waals surface area contributed by atoms with Gasteiger partial charge in [-0.3, -0.25) is 0 Å². The van der Waals surface area contributed by atoms with E-state index in [1.54, 1.807) is 29.0 Å². The molecule has 0 fully saturated rings. The monoisotopic (exact) mass is 298 g/mol. The molecule has 0 unspecified atom stereocenters. The highest BCUT2D eigenvalue weighted by molar-refractivity contribution is 6.36. The number of aromatic nitrogens is 4. The zero-order valence-corrected chi connectivity index (χ0v) is 11.4. The quantitative estimate of drug-likeness (QED) is 0.538. The Morgan fingerprint density at radius 1 is 1.10 bits per heavy atom. The molecule has 0 aliphatic carbocycles. The van der Waals surface area contributed by atoms with Crippen LogP contribution in [-0.4, -0.2) is 19.6 Å². The molecule has 6 heteroatoms. The standard InChI is InChI=1S/C15H8ClFN4/c16-11-5-2-6-12-13(11)15-19-14(20-21(15)8-18-12)9-3-1-4-10(17)7-9/h1-8H. The molecule has 0 saturated heterocycles. The molecule has 4 nitrogen and oxygen atoms in total. The summed E-state index contributed by atoms with van der Waals surface area (Å²) in [7, 11) is 0. The van der Waals surface area contributed by atoms with Crippen LogP contribution in [0.1, 0.15) is 0 Å². The van der Waals surface area contributed by atoms with Crippen LogP contribution in [0.2, 0.25) is 5.02 Å². The molecule has 0 radical (unpaired) electrons. The largest absolute Gasteiger partial charge is 0.236 e. The third-order valence-electron chi connectivity index (χ3n) is 3.24. The van der Waals surface area contributed by atoms with Crippen LogP contribution in [0.4, 0.5) is 4.39 Å². The highest BCUT2D eigenvalue weighted by Gasteiger charge is 2.12. The first-order chi connectivity index (χ1) is 10.2. The highest BCUT2D eigenvalue weighted by Crippen LogP contribution is 2.26. The number of hydrogen-bond donors (Lipinski definition) is 0. The van der Waals surface area contributed by atoms with Crippen LogP contribution in [0, 0.1) is 5.82 Å². The van der Waals surface area contributed by atoms with Gasteiger partial charge >= 0.3 is 0 Å². The van der Waals surface area contributed by atoms with Crippen molar-refractivity contribution in [1.82, 2.24) is 19.6 Å². The maximum absolute atomic E-state index is 13.3. The fourth-order valence-corrected chi connectivity index (χ4v) is 2.54. The Balaban J connectivity index is 2.04. The van der Waals surface area contributed by atoms with Gasteiger partial charge in [-0.1, -0.05) is 29.8 Å². The summed E-state index contributed by atoms with van der Waals surface area (Å²) in [5, 5.41) is 5.63. The van der Waals surface area contributed by atoms with Gasteiger partial charge in [-0.05, 0) is 24.3 Å². The van der Waals surface area contributed by atoms with Gasteiger partial charge in [0.2, 0.25) is 0 Å². The summed E-state index contributed by atoms with van der Waals surface area (Å²) in [4.78, 5) is 8.77. The molecule has 0 aliphatic heterocycles. The topological polar surface area (TPSA) is 43.1 Å².